The van der Waals surface area contributed by atoms with Gasteiger partial charge in [0.2, 0.25) is 10.0 Å². The molecule has 7 heteroatoms. The lowest BCUT2D eigenvalue weighted by atomic mass is 10.4. The number of nitrogens with two attached hydrogens (primary N) is 1. The Morgan fingerprint density at radius 2 is 2.12 bits per heavy atom. The number of rotatable bonds is 5. The van der Waals surface area contributed by atoms with Crippen molar-refractivity contribution in [1.29, 1.82) is 0 Å². The van der Waals surface area contributed by atoms with Crippen LogP contribution in [0.5, 0.6) is 0 Å². The normalized spacial score (nSPS) is 11.5. The van der Waals surface area contributed by atoms with Crippen LogP contribution in [0.1, 0.15) is 30.8 Å². The van der Waals surface area contributed by atoms with Gasteiger partial charge >= 0.3 is 0 Å². The predicted octanol–water partition coefficient (Wildman–Crippen LogP) is 0.295. The van der Waals surface area contributed by atoms with Crippen molar-refractivity contribution in [2.24, 2.45) is 5.14 Å². The topological polar surface area (TPSA) is 94.2 Å². The molecule has 0 spiro atoms. The summed E-state index contributed by atoms with van der Waals surface area (Å²) in [5, 5.41) is 7.67. The van der Waals surface area contributed by atoms with E-state index in [2.05, 4.69) is 5.32 Å². The summed E-state index contributed by atoms with van der Waals surface area (Å²) in [4.78, 5) is 11.7. The lowest BCUT2D eigenvalue weighted by Gasteiger charge is -2.06. The Morgan fingerprint density at radius 3 is 2.59 bits per heavy atom. The number of carbonyl (C=O) groups excluding carboxylic acids is 1. The molecule has 6 nitrogen and oxygen atoms in total. The average Bonchev–Trinajstić information content (AvgIpc) is 2.62. The van der Waals surface area contributed by atoms with Gasteiger partial charge in [0.25, 0.3) is 5.91 Å². The van der Waals surface area contributed by atoms with Crippen LogP contribution in [0.15, 0.2) is 17.2 Å². The van der Waals surface area contributed by atoms with Gasteiger partial charge in [-0.25, -0.2) is 13.6 Å². The number of aryl methyl sites for hydroxylation is 1. The number of sulfonamides is 1. The molecule has 3 N–H and O–H groups in total. The molecular weight excluding hydrogens is 242 g/mol. The summed E-state index contributed by atoms with van der Waals surface area (Å²) in [6.45, 7) is 4.80. The van der Waals surface area contributed by atoms with E-state index < -0.39 is 10.0 Å². The molecule has 0 unspecified atom stereocenters. The maximum Gasteiger partial charge on any atom is 0.267 e. The Kier molecular flexibility index (Phi) is 4.30. The molecular formula is C10H17N3O3S. The lowest BCUT2D eigenvalue weighted by molar-refractivity contribution is 0.0946. The minimum atomic E-state index is -3.77. The summed E-state index contributed by atoms with van der Waals surface area (Å²) in [7, 11) is -3.77. The van der Waals surface area contributed by atoms with Gasteiger partial charge < -0.3 is 9.88 Å². The molecule has 0 aromatic carbocycles. The van der Waals surface area contributed by atoms with Crippen molar-refractivity contribution in [3.05, 3.63) is 18.0 Å². The van der Waals surface area contributed by atoms with Gasteiger partial charge in [0.05, 0.1) is 0 Å². The number of nitrogens with zero attached hydrogens (tertiary/aromatic N) is 1. The maximum absolute atomic E-state index is 11.7. The first-order valence-corrected chi connectivity index (χ1v) is 6.96. The fourth-order valence-electron chi connectivity index (χ4n) is 1.51. The van der Waals surface area contributed by atoms with E-state index in [-0.39, 0.29) is 10.8 Å². The Balaban J connectivity index is 3.18. The molecule has 0 aliphatic carbocycles. The van der Waals surface area contributed by atoms with Crippen LogP contribution in [0, 0.1) is 0 Å². The molecule has 0 saturated heterocycles. The second-order valence-electron chi connectivity index (χ2n) is 3.66. The summed E-state index contributed by atoms with van der Waals surface area (Å²) < 4.78 is 24.0. The molecule has 1 amide bonds. The molecule has 0 fully saturated rings. The van der Waals surface area contributed by atoms with Gasteiger partial charge in [-0.3, -0.25) is 4.79 Å². The summed E-state index contributed by atoms with van der Waals surface area (Å²) in [5.41, 5.74) is 0.317. The first-order valence-electron chi connectivity index (χ1n) is 5.41. The molecule has 0 radical (unpaired) electrons. The average molecular weight is 259 g/mol. The van der Waals surface area contributed by atoms with Crippen molar-refractivity contribution in [3.8, 4) is 0 Å². The second kappa shape index (κ2) is 5.33. The van der Waals surface area contributed by atoms with E-state index in [1.807, 2.05) is 6.92 Å². The van der Waals surface area contributed by atoms with E-state index in [0.717, 1.165) is 6.42 Å². The molecule has 1 heterocycles. The third-order valence-electron chi connectivity index (χ3n) is 2.23. The first-order chi connectivity index (χ1) is 7.90. The van der Waals surface area contributed by atoms with E-state index in [9.17, 15) is 13.2 Å². The third kappa shape index (κ3) is 3.31. The highest BCUT2D eigenvalue weighted by atomic mass is 32.2. The van der Waals surface area contributed by atoms with Crippen LogP contribution in [-0.4, -0.2) is 25.4 Å². The highest BCUT2D eigenvalue weighted by Crippen LogP contribution is 2.13. The van der Waals surface area contributed by atoms with Crippen LogP contribution in [0.3, 0.4) is 0 Å². The van der Waals surface area contributed by atoms with Crippen molar-refractivity contribution >= 4 is 15.9 Å². The smallest absolute Gasteiger partial charge is 0.267 e. The monoisotopic (exact) mass is 259 g/mol. The minimum absolute atomic E-state index is 0.0350. The number of primary sulfonamides is 1. The van der Waals surface area contributed by atoms with E-state index in [1.54, 1.807) is 11.5 Å². The highest BCUT2D eigenvalue weighted by molar-refractivity contribution is 7.89. The Bertz CT molecular complexity index is 505. The molecule has 0 aliphatic heterocycles. The Morgan fingerprint density at radius 1 is 1.47 bits per heavy atom. The van der Waals surface area contributed by atoms with Crippen molar-refractivity contribution < 1.29 is 13.2 Å². The van der Waals surface area contributed by atoms with E-state index >= 15 is 0 Å². The van der Waals surface area contributed by atoms with Gasteiger partial charge in [-0.2, -0.15) is 0 Å². The minimum Gasteiger partial charge on any atom is -0.351 e. The summed E-state index contributed by atoms with van der Waals surface area (Å²) >= 11 is 0. The standard InChI is InChI=1S/C10H17N3O3S/c1-3-5-13-7-8(17(11,15)16)6-9(13)10(14)12-4-2/h6-7H,3-5H2,1-2H3,(H,12,14)(H2,11,15,16). The molecule has 0 atom stereocenters. The molecule has 17 heavy (non-hydrogen) atoms. The number of carbonyl (C=O) groups is 1. The van der Waals surface area contributed by atoms with Crippen LogP contribution in [-0.2, 0) is 16.6 Å². The van der Waals surface area contributed by atoms with E-state index in [4.69, 9.17) is 5.14 Å². The van der Waals surface area contributed by atoms with Gasteiger partial charge in [-0.05, 0) is 19.4 Å². The fraction of sp³-hybridized carbons (Fsp3) is 0.500. The van der Waals surface area contributed by atoms with Crippen molar-refractivity contribution in [2.75, 3.05) is 6.54 Å². The van der Waals surface area contributed by atoms with Crippen molar-refractivity contribution in [1.82, 2.24) is 9.88 Å². The van der Waals surface area contributed by atoms with Crippen molar-refractivity contribution in [2.45, 2.75) is 31.7 Å². The summed E-state index contributed by atoms with van der Waals surface area (Å²) in [6, 6.07) is 1.30. The molecule has 96 valence electrons. The van der Waals surface area contributed by atoms with Crippen LogP contribution in [0.2, 0.25) is 0 Å². The SMILES string of the molecule is CCCn1cc(S(N)(=O)=O)cc1C(=O)NCC. The van der Waals surface area contributed by atoms with Gasteiger partial charge in [-0.1, -0.05) is 6.92 Å². The Hall–Kier alpha value is -1.34. The molecule has 0 saturated carbocycles. The number of hydrogen-bond donors (Lipinski definition) is 2. The van der Waals surface area contributed by atoms with E-state index in [0.29, 0.717) is 18.8 Å². The molecule has 1 rings (SSSR count). The van der Waals surface area contributed by atoms with Crippen LogP contribution in [0.25, 0.3) is 0 Å². The van der Waals surface area contributed by atoms with Gasteiger partial charge in [0.1, 0.15) is 10.6 Å². The summed E-state index contributed by atoms with van der Waals surface area (Å²) in [6.07, 6.45) is 2.19. The van der Waals surface area contributed by atoms with Crippen molar-refractivity contribution in [3.63, 3.8) is 0 Å². The number of hydrogen-bond acceptors (Lipinski definition) is 3. The first kappa shape index (κ1) is 13.7. The van der Waals surface area contributed by atoms with Crippen LogP contribution >= 0.6 is 0 Å². The largest absolute Gasteiger partial charge is 0.351 e. The van der Waals surface area contributed by atoms with Gasteiger partial charge in [-0.15, -0.1) is 0 Å². The number of amides is 1. The number of aromatic nitrogens is 1. The lowest BCUT2D eigenvalue weighted by Crippen LogP contribution is -2.25. The zero-order valence-electron chi connectivity index (χ0n) is 9.93. The van der Waals surface area contributed by atoms with E-state index in [1.165, 1.54) is 12.3 Å². The Labute approximate surface area is 101 Å². The van der Waals surface area contributed by atoms with Gasteiger partial charge in [0.15, 0.2) is 0 Å². The van der Waals surface area contributed by atoms with Crippen LogP contribution < -0.4 is 10.5 Å². The third-order valence-corrected chi connectivity index (χ3v) is 3.11. The molecule has 0 bridgehead atoms. The molecule has 1 aromatic rings. The zero-order valence-corrected chi connectivity index (χ0v) is 10.8. The highest BCUT2D eigenvalue weighted by Gasteiger charge is 2.17. The quantitative estimate of drug-likeness (QED) is 0.796. The van der Waals surface area contributed by atoms with Gasteiger partial charge in [0, 0.05) is 19.3 Å². The molecule has 1 aromatic heterocycles. The predicted molar refractivity (Wildman–Crippen MR) is 64.1 cm³/mol. The zero-order chi connectivity index (χ0) is 13.1. The van der Waals surface area contributed by atoms with Crippen LogP contribution in [0.4, 0.5) is 0 Å². The summed E-state index contributed by atoms with van der Waals surface area (Å²) in [5.74, 6) is -0.296. The maximum atomic E-state index is 11.7. The fourth-order valence-corrected chi connectivity index (χ4v) is 2.06. The second-order valence-corrected chi connectivity index (χ2v) is 5.22. The molecule has 0 aliphatic rings. The number of nitrogens with one attached hydrogen (secondary N) is 1.